The fraction of sp³-hybridized carbons (Fsp3) is 0.357. The number of nitrogens with two attached hydrogens (primary N) is 1. The molecule has 1 aromatic heterocycles. The van der Waals surface area contributed by atoms with Crippen LogP contribution in [0, 0.1) is 0 Å². The molecule has 0 bridgehead atoms. The maximum absolute atomic E-state index is 6.04. The fourth-order valence-electron chi connectivity index (χ4n) is 2.15. The van der Waals surface area contributed by atoms with Crippen molar-refractivity contribution in [3.8, 4) is 0 Å². The van der Waals surface area contributed by atoms with E-state index in [0.717, 1.165) is 42.7 Å². The lowest BCUT2D eigenvalue weighted by atomic mass is 10.1. The number of nitrogen functional groups attached to an aromatic ring is 1. The van der Waals surface area contributed by atoms with Crippen LogP contribution in [0.4, 0.5) is 10.9 Å². The largest absolute Gasteiger partial charge is 0.383 e. The predicted octanol–water partition coefficient (Wildman–Crippen LogP) is 2.15. The van der Waals surface area contributed by atoms with Gasteiger partial charge in [0.2, 0.25) is 0 Å². The van der Waals surface area contributed by atoms with E-state index < -0.39 is 0 Å². The highest BCUT2D eigenvalue weighted by Gasteiger charge is 2.17. The number of rotatable bonds is 3. The number of nitrogens with zero attached hydrogens (tertiary/aromatic N) is 2. The molecule has 19 heavy (non-hydrogen) atoms. The average Bonchev–Trinajstić information content (AvgIpc) is 2.82. The lowest BCUT2D eigenvalue weighted by Gasteiger charge is -2.25. The SMILES string of the molecule is Nc1nc(N2CCOCC2)sc1Cc1ccccc1. The number of aromatic nitrogens is 1. The van der Waals surface area contributed by atoms with Gasteiger partial charge in [0, 0.05) is 19.5 Å². The van der Waals surface area contributed by atoms with Crippen LogP contribution >= 0.6 is 11.3 Å². The van der Waals surface area contributed by atoms with Gasteiger partial charge in [-0.3, -0.25) is 0 Å². The second-order valence-corrected chi connectivity index (χ2v) is 5.63. The highest BCUT2D eigenvalue weighted by molar-refractivity contribution is 7.16. The smallest absolute Gasteiger partial charge is 0.187 e. The van der Waals surface area contributed by atoms with Crippen molar-refractivity contribution in [3.05, 3.63) is 40.8 Å². The molecule has 1 aliphatic heterocycles. The second kappa shape index (κ2) is 5.59. The van der Waals surface area contributed by atoms with Gasteiger partial charge in [-0.1, -0.05) is 41.7 Å². The number of hydrogen-bond acceptors (Lipinski definition) is 5. The summed E-state index contributed by atoms with van der Waals surface area (Å²) in [6.45, 7) is 3.34. The summed E-state index contributed by atoms with van der Waals surface area (Å²) in [6, 6.07) is 10.4. The third-order valence-corrected chi connectivity index (χ3v) is 4.34. The van der Waals surface area contributed by atoms with Gasteiger partial charge < -0.3 is 15.4 Å². The Hall–Kier alpha value is -1.59. The summed E-state index contributed by atoms with van der Waals surface area (Å²) < 4.78 is 5.36. The first-order chi connectivity index (χ1) is 9.33. The Kier molecular flexibility index (Phi) is 3.66. The van der Waals surface area contributed by atoms with Crippen LogP contribution in [-0.2, 0) is 11.2 Å². The van der Waals surface area contributed by atoms with Crippen molar-refractivity contribution in [1.29, 1.82) is 0 Å². The zero-order chi connectivity index (χ0) is 13.1. The maximum atomic E-state index is 6.04. The summed E-state index contributed by atoms with van der Waals surface area (Å²) in [5.41, 5.74) is 7.31. The van der Waals surface area contributed by atoms with E-state index in [-0.39, 0.29) is 0 Å². The second-order valence-electron chi connectivity index (χ2n) is 4.57. The van der Waals surface area contributed by atoms with E-state index in [0.29, 0.717) is 5.82 Å². The van der Waals surface area contributed by atoms with Crippen molar-refractivity contribution in [2.75, 3.05) is 36.9 Å². The molecule has 2 heterocycles. The van der Waals surface area contributed by atoms with Crippen LogP contribution in [0.25, 0.3) is 0 Å². The molecule has 5 heteroatoms. The van der Waals surface area contributed by atoms with E-state index in [4.69, 9.17) is 10.5 Å². The summed E-state index contributed by atoms with van der Waals surface area (Å²) >= 11 is 1.70. The van der Waals surface area contributed by atoms with Gasteiger partial charge >= 0.3 is 0 Å². The first kappa shape index (κ1) is 12.4. The summed E-state index contributed by atoms with van der Waals surface area (Å²) in [7, 11) is 0. The maximum Gasteiger partial charge on any atom is 0.187 e. The minimum Gasteiger partial charge on any atom is -0.383 e. The summed E-state index contributed by atoms with van der Waals surface area (Å²) in [6.07, 6.45) is 0.856. The molecule has 0 spiro atoms. The van der Waals surface area contributed by atoms with E-state index in [1.165, 1.54) is 5.56 Å². The van der Waals surface area contributed by atoms with Gasteiger partial charge in [-0.25, -0.2) is 4.98 Å². The molecule has 1 aliphatic rings. The Morgan fingerprint density at radius 2 is 1.95 bits per heavy atom. The summed E-state index contributed by atoms with van der Waals surface area (Å²) in [5, 5.41) is 1.02. The van der Waals surface area contributed by atoms with Crippen molar-refractivity contribution in [1.82, 2.24) is 4.98 Å². The van der Waals surface area contributed by atoms with E-state index in [2.05, 4.69) is 34.1 Å². The average molecular weight is 275 g/mol. The minimum atomic E-state index is 0.662. The third-order valence-electron chi connectivity index (χ3n) is 3.21. The van der Waals surface area contributed by atoms with Crippen molar-refractivity contribution in [2.45, 2.75) is 6.42 Å². The van der Waals surface area contributed by atoms with Crippen molar-refractivity contribution < 1.29 is 4.74 Å². The van der Waals surface area contributed by atoms with Crippen LogP contribution in [0.1, 0.15) is 10.4 Å². The fourth-order valence-corrected chi connectivity index (χ4v) is 3.21. The number of benzene rings is 1. The first-order valence-corrected chi connectivity index (χ1v) is 7.26. The standard InChI is InChI=1S/C14H17N3OS/c15-13-12(10-11-4-2-1-3-5-11)19-14(16-13)17-6-8-18-9-7-17/h1-5H,6-10,15H2. The van der Waals surface area contributed by atoms with Crippen molar-refractivity contribution in [2.24, 2.45) is 0 Å². The first-order valence-electron chi connectivity index (χ1n) is 6.45. The van der Waals surface area contributed by atoms with E-state index >= 15 is 0 Å². The van der Waals surface area contributed by atoms with Crippen molar-refractivity contribution >= 4 is 22.3 Å². The van der Waals surface area contributed by atoms with Gasteiger partial charge in [0.15, 0.2) is 5.13 Å². The van der Waals surface area contributed by atoms with Crippen LogP contribution in [-0.4, -0.2) is 31.3 Å². The van der Waals surface area contributed by atoms with E-state index in [1.54, 1.807) is 11.3 Å². The molecule has 0 saturated carbocycles. The molecule has 1 fully saturated rings. The number of hydrogen-bond donors (Lipinski definition) is 1. The number of thiazole rings is 1. The van der Waals surface area contributed by atoms with Crippen molar-refractivity contribution in [3.63, 3.8) is 0 Å². The summed E-state index contributed by atoms with van der Waals surface area (Å²) in [5.74, 6) is 0.662. The van der Waals surface area contributed by atoms with Crippen LogP contribution < -0.4 is 10.6 Å². The Labute approximate surface area is 116 Å². The monoisotopic (exact) mass is 275 g/mol. The molecule has 0 aliphatic carbocycles. The normalized spacial score (nSPS) is 15.7. The molecule has 1 aromatic carbocycles. The molecule has 0 atom stereocenters. The van der Waals surface area contributed by atoms with Gasteiger partial charge in [-0.05, 0) is 5.56 Å². The van der Waals surface area contributed by atoms with Gasteiger partial charge in [0.05, 0.1) is 18.1 Å². The molecule has 2 N–H and O–H groups in total. The lowest BCUT2D eigenvalue weighted by Crippen LogP contribution is -2.36. The molecule has 4 nitrogen and oxygen atoms in total. The molecule has 100 valence electrons. The molecular weight excluding hydrogens is 258 g/mol. The molecule has 0 unspecified atom stereocenters. The highest BCUT2D eigenvalue weighted by Crippen LogP contribution is 2.30. The summed E-state index contributed by atoms with van der Waals surface area (Å²) in [4.78, 5) is 7.89. The topological polar surface area (TPSA) is 51.4 Å². The van der Waals surface area contributed by atoms with E-state index in [1.807, 2.05) is 6.07 Å². The number of anilines is 2. The Morgan fingerprint density at radius 3 is 2.68 bits per heavy atom. The molecule has 0 radical (unpaired) electrons. The Bertz CT molecular complexity index is 535. The number of morpholine rings is 1. The number of ether oxygens (including phenoxy) is 1. The predicted molar refractivity (Wildman–Crippen MR) is 78.8 cm³/mol. The highest BCUT2D eigenvalue weighted by atomic mass is 32.1. The van der Waals surface area contributed by atoms with E-state index in [9.17, 15) is 0 Å². The zero-order valence-electron chi connectivity index (χ0n) is 10.7. The van der Waals surface area contributed by atoms with Crippen LogP contribution in [0.3, 0.4) is 0 Å². The quantitative estimate of drug-likeness (QED) is 0.932. The molecule has 1 saturated heterocycles. The van der Waals surface area contributed by atoms with Crippen LogP contribution in [0.15, 0.2) is 30.3 Å². The van der Waals surface area contributed by atoms with Crippen LogP contribution in [0.2, 0.25) is 0 Å². The Morgan fingerprint density at radius 1 is 1.21 bits per heavy atom. The molecule has 2 aromatic rings. The van der Waals surface area contributed by atoms with Gasteiger partial charge in [0.25, 0.3) is 0 Å². The lowest BCUT2D eigenvalue weighted by molar-refractivity contribution is 0.122. The Balaban J connectivity index is 1.77. The zero-order valence-corrected chi connectivity index (χ0v) is 11.5. The third kappa shape index (κ3) is 2.88. The molecule has 0 amide bonds. The molecular formula is C14H17N3OS. The van der Waals surface area contributed by atoms with Gasteiger partial charge in [-0.2, -0.15) is 0 Å². The molecule has 3 rings (SSSR count). The van der Waals surface area contributed by atoms with Gasteiger partial charge in [-0.15, -0.1) is 0 Å². The van der Waals surface area contributed by atoms with Gasteiger partial charge in [0.1, 0.15) is 5.82 Å². The van der Waals surface area contributed by atoms with Crippen LogP contribution in [0.5, 0.6) is 0 Å². The minimum absolute atomic E-state index is 0.662.